The highest BCUT2D eigenvalue weighted by atomic mass is 16.7. The molecule has 1 aliphatic heterocycles. The average molecular weight is 526 g/mol. The third-order valence-electron chi connectivity index (χ3n) is 6.69. The van der Waals surface area contributed by atoms with Gasteiger partial charge in [-0.3, -0.25) is 9.59 Å². The fraction of sp³-hybridized carbons (Fsp3) is 0.462. The fourth-order valence-electron chi connectivity index (χ4n) is 4.88. The van der Waals surface area contributed by atoms with Gasteiger partial charge in [-0.2, -0.15) is 0 Å². The highest BCUT2D eigenvalue weighted by Gasteiger charge is 2.28. The van der Waals surface area contributed by atoms with E-state index in [1.807, 2.05) is 0 Å². The second kappa shape index (κ2) is 11.7. The molecule has 3 N–H and O–H groups in total. The minimum atomic E-state index is -0.220. The van der Waals surface area contributed by atoms with Crippen molar-refractivity contribution in [2.75, 3.05) is 40.8 Å². The van der Waals surface area contributed by atoms with E-state index in [0.717, 1.165) is 25.7 Å². The molecule has 0 spiro atoms. The van der Waals surface area contributed by atoms with E-state index in [9.17, 15) is 9.59 Å². The van der Waals surface area contributed by atoms with E-state index in [0.29, 0.717) is 58.3 Å². The zero-order valence-electron chi connectivity index (χ0n) is 21.4. The summed E-state index contributed by atoms with van der Waals surface area (Å²) >= 11 is 0. The van der Waals surface area contributed by atoms with Crippen molar-refractivity contribution in [1.82, 2.24) is 25.6 Å². The van der Waals surface area contributed by atoms with Crippen LogP contribution in [0.2, 0.25) is 0 Å². The molecule has 0 atom stereocenters. The third kappa shape index (κ3) is 5.36. The topological polar surface area (TPSA) is 146 Å². The van der Waals surface area contributed by atoms with Crippen molar-refractivity contribution in [1.29, 1.82) is 0 Å². The van der Waals surface area contributed by atoms with E-state index < -0.39 is 0 Å². The van der Waals surface area contributed by atoms with Crippen LogP contribution >= 0.6 is 0 Å². The Hall–Kier alpha value is -3.90. The summed E-state index contributed by atoms with van der Waals surface area (Å²) in [6.07, 6.45) is 6.16. The van der Waals surface area contributed by atoms with Gasteiger partial charge in [-0.25, -0.2) is 9.97 Å². The van der Waals surface area contributed by atoms with Gasteiger partial charge in [-0.05, 0) is 37.8 Å². The Bertz CT molecular complexity index is 1300. The van der Waals surface area contributed by atoms with Crippen molar-refractivity contribution in [3.8, 4) is 28.5 Å². The number of H-pyrrole nitrogens is 1. The lowest BCUT2D eigenvalue weighted by Crippen LogP contribution is -2.44. The number of methoxy groups -OCH3 is 2. The number of amides is 2. The first-order chi connectivity index (χ1) is 18.6. The fourth-order valence-corrected chi connectivity index (χ4v) is 4.88. The monoisotopic (exact) mass is 525 g/mol. The van der Waals surface area contributed by atoms with Crippen LogP contribution in [-0.2, 0) is 14.3 Å². The summed E-state index contributed by atoms with van der Waals surface area (Å²) in [5, 5.41) is 6.09. The molecular formula is C26H31N5O7. The summed E-state index contributed by atoms with van der Waals surface area (Å²) in [5.41, 5.74) is 2.66. The predicted octanol–water partition coefficient (Wildman–Crippen LogP) is 2.18. The van der Waals surface area contributed by atoms with Crippen molar-refractivity contribution >= 4 is 22.8 Å². The summed E-state index contributed by atoms with van der Waals surface area (Å²) in [7, 11) is 3.10. The highest BCUT2D eigenvalue weighted by Crippen LogP contribution is 2.47. The van der Waals surface area contributed by atoms with Crippen LogP contribution in [0, 0.1) is 0 Å². The predicted molar refractivity (Wildman–Crippen MR) is 136 cm³/mol. The number of ether oxygens (including phenoxy) is 5. The number of nitrogens with one attached hydrogen (secondary N) is 3. The normalized spacial score (nSPS) is 18.4. The van der Waals surface area contributed by atoms with Crippen molar-refractivity contribution in [2.45, 2.75) is 37.8 Å². The van der Waals surface area contributed by atoms with Gasteiger partial charge in [0.25, 0.3) is 5.91 Å². The molecular weight excluding hydrogens is 494 g/mol. The molecule has 12 heteroatoms. The standard InChI is InChI=1S/C26H31N5O7/c1-34-9-10-36-18-7-8-19-25(38-14-37-19)21(18)23-24-22(28-13-29-23)17(11-27-24)26(33)31-16-5-3-15(4-6-16)30-20(32)12-35-2/h7-8,11,13,15-16,27H,3-6,9-10,12,14H2,1-2H3,(H,30,32)(H,31,33)/t15-,16-. The zero-order chi connectivity index (χ0) is 26.5. The molecule has 1 fully saturated rings. The second-order valence-electron chi connectivity index (χ2n) is 9.18. The number of fused-ring (bicyclic) bond motifs is 2. The van der Waals surface area contributed by atoms with Gasteiger partial charge in [0.15, 0.2) is 11.5 Å². The van der Waals surface area contributed by atoms with Gasteiger partial charge < -0.3 is 39.3 Å². The van der Waals surface area contributed by atoms with Crippen molar-refractivity contribution in [2.24, 2.45) is 0 Å². The largest absolute Gasteiger partial charge is 0.490 e. The molecule has 1 aromatic carbocycles. The minimum absolute atomic E-state index is 0.00747. The lowest BCUT2D eigenvalue weighted by Gasteiger charge is -2.29. The maximum atomic E-state index is 13.2. The number of carbonyl (C=O) groups is 2. The second-order valence-corrected chi connectivity index (χ2v) is 9.18. The van der Waals surface area contributed by atoms with Gasteiger partial charge in [0.2, 0.25) is 12.7 Å². The van der Waals surface area contributed by atoms with E-state index >= 15 is 0 Å². The molecule has 5 rings (SSSR count). The maximum Gasteiger partial charge on any atom is 0.255 e. The van der Waals surface area contributed by atoms with Crippen molar-refractivity contribution in [3.05, 3.63) is 30.2 Å². The van der Waals surface area contributed by atoms with Crippen LogP contribution in [0.4, 0.5) is 0 Å². The quantitative estimate of drug-likeness (QED) is 0.339. The van der Waals surface area contributed by atoms with Crippen LogP contribution < -0.4 is 24.8 Å². The molecule has 3 heterocycles. The van der Waals surface area contributed by atoms with E-state index in [-0.39, 0.29) is 37.3 Å². The lowest BCUT2D eigenvalue weighted by atomic mass is 9.91. The molecule has 2 aromatic heterocycles. The molecule has 0 bridgehead atoms. The number of benzene rings is 1. The Morgan fingerprint density at radius 2 is 1.82 bits per heavy atom. The number of aromatic nitrogens is 3. The van der Waals surface area contributed by atoms with Crippen LogP contribution in [0.3, 0.4) is 0 Å². The van der Waals surface area contributed by atoms with Crippen LogP contribution in [0.5, 0.6) is 17.2 Å². The number of hydrogen-bond acceptors (Lipinski definition) is 9. The third-order valence-corrected chi connectivity index (χ3v) is 6.69. The van der Waals surface area contributed by atoms with E-state index in [4.69, 9.17) is 23.7 Å². The number of hydrogen-bond donors (Lipinski definition) is 3. The Morgan fingerprint density at radius 1 is 1.03 bits per heavy atom. The first-order valence-corrected chi connectivity index (χ1v) is 12.5. The lowest BCUT2D eigenvalue weighted by molar-refractivity contribution is -0.125. The van der Waals surface area contributed by atoms with Gasteiger partial charge in [0.05, 0.1) is 23.3 Å². The van der Waals surface area contributed by atoms with Gasteiger partial charge in [0.1, 0.15) is 36.5 Å². The molecule has 1 saturated carbocycles. The maximum absolute atomic E-state index is 13.2. The summed E-state index contributed by atoms with van der Waals surface area (Å²) in [6.45, 7) is 0.900. The summed E-state index contributed by atoms with van der Waals surface area (Å²) < 4.78 is 27.3. The average Bonchev–Trinajstić information content (AvgIpc) is 3.57. The minimum Gasteiger partial charge on any atom is -0.490 e. The first-order valence-electron chi connectivity index (χ1n) is 12.5. The molecule has 2 aliphatic rings. The summed E-state index contributed by atoms with van der Waals surface area (Å²) in [6, 6.07) is 3.69. The molecule has 2 amide bonds. The van der Waals surface area contributed by atoms with E-state index in [1.165, 1.54) is 13.4 Å². The summed E-state index contributed by atoms with van der Waals surface area (Å²) in [4.78, 5) is 37.1. The van der Waals surface area contributed by atoms with Crippen LogP contribution in [-0.4, -0.2) is 79.7 Å². The van der Waals surface area contributed by atoms with Gasteiger partial charge in [-0.1, -0.05) is 0 Å². The van der Waals surface area contributed by atoms with Crippen molar-refractivity contribution in [3.63, 3.8) is 0 Å². The summed E-state index contributed by atoms with van der Waals surface area (Å²) in [5.74, 6) is 1.32. The highest BCUT2D eigenvalue weighted by molar-refractivity contribution is 6.08. The molecule has 202 valence electrons. The molecule has 1 aliphatic carbocycles. The molecule has 3 aromatic rings. The van der Waals surface area contributed by atoms with Crippen LogP contribution in [0.25, 0.3) is 22.3 Å². The van der Waals surface area contributed by atoms with E-state index in [2.05, 4.69) is 25.6 Å². The molecule has 0 saturated heterocycles. The molecule has 38 heavy (non-hydrogen) atoms. The van der Waals surface area contributed by atoms with Gasteiger partial charge >= 0.3 is 0 Å². The van der Waals surface area contributed by atoms with Crippen LogP contribution in [0.1, 0.15) is 36.0 Å². The van der Waals surface area contributed by atoms with Gasteiger partial charge in [-0.15, -0.1) is 0 Å². The smallest absolute Gasteiger partial charge is 0.255 e. The zero-order valence-corrected chi connectivity index (χ0v) is 21.4. The Morgan fingerprint density at radius 3 is 2.58 bits per heavy atom. The number of carbonyl (C=O) groups excluding carboxylic acids is 2. The first kappa shape index (κ1) is 25.7. The Labute approximate surface area is 219 Å². The Balaban J connectivity index is 1.35. The number of aromatic amines is 1. The van der Waals surface area contributed by atoms with Crippen molar-refractivity contribution < 1.29 is 33.3 Å². The molecule has 0 radical (unpaired) electrons. The Kier molecular flexibility index (Phi) is 7.89. The molecule has 0 unspecified atom stereocenters. The number of rotatable bonds is 10. The molecule has 12 nitrogen and oxygen atoms in total. The van der Waals surface area contributed by atoms with E-state index in [1.54, 1.807) is 25.4 Å². The van der Waals surface area contributed by atoms with Gasteiger partial charge in [0, 0.05) is 32.5 Å². The SMILES string of the molecule is COCCOc1ccc2c(c1-c1ncnc3c(C(=O)N[C@H]4CC[C@H](NC(=O)COC)CC4)c[nH]c13)OCO2. The van der Waals surface area contributed by atoms with Crippen LogP contribution in [0.15, 0.2) is 24.7 Å². The number of nitrogens with zero attached hydrogens (tertiary/aromatic N) is 2.